The average Bonchev–Trinajstić information content (AvgIpc) is 3.27. The summed E-state index contributed by atoms with van der Waals surface area (Å²) in [5.41, 5.74) is 5.52. The van der Waals surface area contributed by atoms with Crippen molar-refractivity contribution in [2.45, 2.75) is 6.18 Å². The summed E-state index contributed by atoms with van der Waals surface area (Å²) < 4.78 is 49.1. The Hall–Kier alpha value is -3.27. The number of halogens is 3. The highest BCUT2D eigenvalue weighted by Gasteiger charge is 2.30. The number of aromatic nitrogens is 1. The smallest absolute Gasteiger partial charge is 0.416 e. The maximum atomic E-state index is 12.9. The lowest BCUT2D eigenvalue weighted by atomic mass is 10.1. The largest absolute Gasteiger partial charge is 0.454 e. The predicted molar refractivity (Wildman–Crippen MR) is 97.3 cm³/mol. The molecule has 144 valence electrons. The molecule has 0 saturated carbocycles. The van der Waals surface area contributed by atoms with Crippen LogP contribution < -0.4 is 20.5 Å². The molecule has 0 spiro atoms. The summed E-state index contributed by atoms with van der Waals surface area (Å²) in [4.78, 5) is 17.1. The molecule has 4 rings (SSSR count). The molecule has 0 amide bonds. The first-order valence-electron chi connectivity index (χ1n) is 7.97. The van der Waals surface area contributed by atoms with Gasteiger partial charge >= 0.3 is 6.18 Å². The number of nitrogens with two attached hydrogens (primary N) is 1. The molecule has 0 fully saturated rings. The van der Waals surface area contributed by atoms with Crippen molar-refractivity contribution in [3.63, 3.8) is 0 Å². The van der Waals surface area contributed by atoms with Crippen LogP contribution in [0.3, 0.4) is 0 Å². The Morgan fingerprint density at radius 1 is 1.18 bits per heavy atom. The van der Waals surface area contributed by atoms with Gasteiger partial charge in [0.25, 0.3) is 0 Å². The number of ketones is 1. The van der Waals surface area contributed by atoms with Crippen molar-refractivity contribution < 1.29 is 27.4 Å². The second-order valence-electron chi connectivity index (χ2n) is 5.81. The van der Waals surface area contributed by atoms with Gasteiger partial charge in [0.15, 0.2) is 16.6 Å². The number of nitrogens with one attached hydrogen (secondary N) is 1. The highest BCUT2D eigenvalue weighted by Crippen LogP contribution is 2.39. The van der Waals surface area contributed by atoms with Crippen LogP contribution in [0.4, 0.5) is 29.8 Å². The lowest BCUT2D eigenvalue weighted by Gasteiger charge is -2.08. The van der Waals surface area contributed by atoms with E-state index in [1.54, 1.807) is 18.2 Å². The summed E-state index contributed by atoms with van der Waals surface area (Å²) in [7, 11) is 0. The van der Waals surface area contributed by atoms with E-state index in [2.05, 4.69) is 10.3 Å². The van der Waals surface area contributed by atoms with Crippen molar-refractivity contribution >= 4 is 33.8 Å². The molecule has 1 aromatic heterocycles. The first kappa shape index (κ1) is 18.1. The number of alkyl halides is 3. The molecule has 0 saturated heterocycles. The number of hydrogen-bond acceptors (Lipinski definition) is 7. The van der Waals surface area contributed by atoms with Gasteiger partial charge in [-0.1, -0.05) is 23.5 Å². The van der Waals surface area contributed by atoms with E-state index in [1.807, 2.05) is 0 Å². The lowest BCUT2D eigenvalue weighted by molar-refractivity contribution is -0.137. The normalized spacial score (nSPS) is 12.8. The molecule has 0 atom stereocenters. The predicted octanol–water partition coefficient (Wildman–Crippen LogP) is 4.45. The molecule has 3 aromatic rings. The Bertz CT molecular complexity index is 1070. The quantitative estimate of drug-likeness (QED) is 0.622. The minimum Gasteiger partial charge on any atom is -0.454 e. The molecule has 1 aliphatic rings. The molecule has 0 radical (unpaired) electrons. The van der Waals surface area contributed by atoms with Crippen molar-refractivity contribution in [2.24, 2.45) is 0 Å². The maximum absolute atomic E-state index is 12.9. The van der Waals surface area contributed by atoms with Gasteiger partial charge in [0.1, 0.15) is 10.7 Å². The SMILES string of the molecule is Nc1nc(Nc2cccc(C(F)(F)F)c2)sc1C(=O)c1cccc2c1OCO2. The third kappa shape index (κ3) is 3.33. The van der Waals surface area contributed by atoms with Gasteiger partial charge in [-0.3, -0.25) is 4.79 Å². The fourth-order valence-corrected chi connectivity index (χ4v) is 3.54. The number of nitrogen functional groups attached to an aromatic ring is 1. The van der Waals surface area contributed by atoms with Gasteiger partial charge in [-0.2, -0.15) is 13.2 Å². The number of anilines is 3. The second kappa shape index (κ2) is 6.71. The second-order valence-corrected chi connectivity index (χ2v) is 6.80. The monoisotopic (exact) mass is 407 g/mol. The highest BCUT2D eigenvalue weighted by molar-refractivity contribution is 7.18. The van der Waals surface area contributed by atoms with E-state index in [4.69, 9.17) is 15.2 Å². The summed E-state index contributed by atoms with van der Waals surface area (Å²) in [6, 6.07) is 9.57. The van der Waals surface area contributed by atoms with Crippen LogP contribution in [-0.4, -0.2) is 17.6 Å². The van der Waals surface area contributed by atoms with Gasteiger partial charge in [0.2, 0.25) is 12.6 Å². The van der Waals surface area contributed by atoms with Crippen LogP contribution in [0, 0.1) is 0 Å². The molecule has 0 aliphatic carbocycles. The molecule has 2 aromatic carbocycles. The molecule has 6 nitrogen and oxygen atoms in total. The zero-order valence-corrected chi connectivity index (χ0v) is 14.9. The van der Waals surface area contributed by atoms with Crippen LogP contribution in [0.1, 0.15) is 20.8 Å². The molecule has 2 heterocycles. The molecule has 3 N–H and O–H groups in total. The van der Waals surface area contributed by atoms with Crippen LogP contribution in [-0.2, 0) is 6.18 Å². The highest BCUT2D eigenvalue weighted by atomic mass is 32.1. The third-order valence-electron chi connectivity index (χ3n) is 3.94. The summed E-state index contributed by atoms with van der Waals surface area (Å²) in [5.74, 6) is 0.347. The van der Waals surface area contributed by atoms with E-state index in [1.165, 1.54) is 12.1 Å². The molecule has 0 bridgehead atoms. The molecular formula is C18H12F3N3O3S. The number of hydrogen-bond donors (Lipinski definition) is 2. The van der Waals surface area contributed by atoms with Crippen LogP contribution in [0.5, 0.6) is 11.5 Å². The molecular weight excluding hydrogens is 395 g/mol. The van der Waals surface area contributed by atoms with Crippen molar-refractivity contribution in [1.82, 2.24) is 4.98 Å². The number of rotatable bonds is 4. The number of para-hydroxylation sites is 1. The molecule has 10 heteroatoms. The number of ether oxygens (including phenoxy) is 2. The number of benzene rings is 2. The Morgan fingerprint density at radius 2 is 1.96 bits per heavy atom. The summed E-state index contributed by atoms with van der Waals surface area (Å²) in [5, 5.41) is 2.95. The van der Waals surface area contributed by atoms with E-state index >= 15 is 0 Å². The van der Waals surface area contributed by atoms with Gasteiger partial charge in [0, 0.05) is 5.69 Å². The molecule has 28 heavy (non-hydrogen) atoms. The Balaban J connectivity index is 1.61. The van der Waals surface area contributed by atoms with Gasteiger partial charge in [-0.25, -0.2) is 4.98 Å². The summed E-state index contributed by atoms with van der Waals surface area (Å²) >= 11 is 0.942. The van der Waals surface area contributed by atoms with Crippen molar-refractivity contribution in [3.8, 4) is 11.5 Å². The zero-order valence-electron chi connectivity index (χ0n) is 14.0. The number of thiazole rings is 1. The van der Waals surface area contributed by atoms with Crippen molar-refractivity contribution in [2.75, 3.05) is 17.8 Å². The van der Waals surface area contributed by atoms with Gasteiger partial charge < -0.3 is 20.5 Å². The van der Waals surface area contributed by atoms with Crippen molar-refractivity contribution in [1.29, 1.82) is 0 Å². The number of fused-ring (bicyclic) bond motifs is 1. The molecule has 0 unspecified atom stereocenters. The van der Waals surface area contributed by atoms with E-state index in [-0.39, 0.29) is 33.9 Å². The van der Waals surface area contributed by atoms with Crippen molar-refractivity contribution in [3.05, 3.63) is 58.5 Å². The number of nitrogens with zero attached hydrogens (tertiary/aromatic N) is 1. The Morgan fingerprint density at radius 3 is 2.75 bits per heavy atom. The van der Waals surface area contributed by atoms with Gasteiger partial charge in [-0.05, 0) is 30.3 Å². The van der Waals surface area contributed by atoms with Crippen LogP contribution in [0.15, 0.2) is 42.5 Å². The first-order chi connectivity index (χ1) is 13.3. The average molecular weight is 407 g/mol. The summed E-state index contributed by atoms with van der Waals surface area (Å²) in [6.07, 6.45) is -4.46. The fourth-order valence-electron chi connectivity index (χ4n) is 2.68. The van der Waals surface area contributed by atoms with E-state index in [0.717, 1.165) is 23.5 Å². The van der Waals surface area contributed by atoms with Gasteiger partial charge in [-0.15, -0.1) is 0 Å². The fraction of sp³-hybridized carbons (Fsp3) is 0.111. The Kier molecular flexibility index (Phi) is 4.34. The number of carbonyl (C=O) groups excluding carboxylic acids is 1. The molecule has 1 aliphatic heterocycles. The zero-order chi connectivity index (χ0) is 19.9. The van der Waals surface area contributed by atoms with Gasteiger partial charge in [0.05, 0.1) is 11.1 Å². The number of carbonyl (C=O) groups is 1. The standard InChI is InChI=1S/C18H12F3N3O3S/c19-18(20,21)9-3-1-4-10(7-9)23-17-24-16(22)15(28-17)13(25)11-5-2-6-12-14(11)27-8-26-12/h1-7H,8,22H2,(H,23,24). The van der Waals surface area contributed by atoms with Crippen LogP contribution in [0.25, 0.3) is 0 Å². The lowest BCUT2D eigenvalue weighted by Crippen LogP contribution is -2.05. The first-order valence-corrected chi connectivity index (χ1v) is 8.78. The third-order valence-corrected chi connectivity index (χ3v) is 4.93. The van der Waals surface area contributed by atoms with E-state index in [9.17, 15) is 18.0 Å². The van der Waals surface area contributed by atoms with E-state index in [0.29, 0.717) is 11.5 Å². The van der Waals surface area contributed by atoms with Crippen LogP contribution >= 0.6 is 11.3 Å². The van der Waals surface area contributed by atoms with Crippen LogP contribution in [0.2, 0.25) is 0 Å². The maximum Gasteiger partial charge on any atom is 0.416 e. The minimum atomic E-state index is -4.46. The minimum absolute atomic E-state index is 0.0140. The van der Waals surface area contributed by atoms with E-state index < -0.39 is 17.5 Å². The topological polar surface area (TPSA) is 86.5 Å². The summed E-state index contributed by atoms with van der Waals surface area (Å²) in [6.45, 7) is 0.0140. The Labute approximate surface area is 160 Å².